The molecule has 0 aromatic heterocycles. The van der Waals surface area contributed by atoms with Crippen LogP contribution in [-0.4, -0.2) is 98.2 Å². The largest absolute Gasteiger partial charge is 0.465 e. The van der Waals surface area contributed by atoms with Gasteiger partial charge < -0.3 is 24.2 Å². The second-order valence-corrected chi connectivity index (χ2v) is 7.98. The van der Waals surface area contributed by atoms with Gasteiger partial charge in [-0.15, -0.1) is 0 Å². The van der Waals surface area contributed by atoms with Gasteiger partial charge in [0.15, 0.2) is 0 Å². The van der Waals surface area contributed by atoms with Crippen LogP contribution in [0.3, 0.4) is 0 Å². The number of amides is 1. The molecule has 1 atom stereocenters. The van der Waals surface area contributed by atoms with Crippen LogP contribution in [0.4, 0.5) is 4.79 Å². The Hall–Kier alpha value is -0.410. The smallest absolute Gasteiger partial charge is 0.407 e. The van der Waals surface area contributed by atoms with Crippen molar-refractivity contribution in [1.29, 1.82) is 0 Å². The van der Waals surface area contributed by atoms with Crippen molar-refractivity contribution in [3.05, 3.63) is 0 Å². The van der Waals surface area contributed by atoms with Gasteiger partial charge in [0.05, 0.1) is 45.7 Å². The predicted octanol–water partition coefficient (Wildman–Crippen LogP) is 2.14. The molecule has 0 aromatic rings. The molecule has 1 saturated heterocycles. The summed E-state index contributed by atoms with van der Waals surface area (Å²) in [6.45, 7) is 12.8. The molecule has 1 unspecified atom stereocenters. The Morgan fingerprint density at radius 2 is 1.60 bits per heavy atom. The number of piperazine rings is 1. The molecule has 0 aromatic carbocycles. The van der Waals surface area contributed by atoms with E-state index in [-0.39, 0.29) is 11.5 Å². The monoisotopic (exact) mass is 424 g/mol. The van der Waals surface area contributed by atoms with E-state index in [9.17, 15) is 9.90 Å². The van der Waals surface area contributed by atoms with E-state index in [0.717, 1.165) is 25.0 Å². The van der Waals surface area contributed by atoms with Gasteiger partial charge in [0.1, 0.15) is 0 Å². The summed E-state index contributed by atoms with van der Waals surface area (Å²) >= 11 is 3.30. The lowest BCUT2D eigenvalue weighted by Crippen LogP contribution is -2.59. The lowest BCUT2D eigenvalue weighted by atomic mass is 9.84. The summed E-state index contributed by atoms with van der Waals surface area (Å²) in [4.78, 5) is 15.3. The van der Waals surface area contributed by atoms with Crippen LogP contribution in [0.25, 0.3) is 0 Å². The summed E-state index contributed by atoms with van der Waals surface area (Å²) in [6, 6.07) is 0.00149. The van der Waals surface area contributed by atoms with Gasteiger partial charge in [-0.3, -0.25) is 4.90 Å². The van der Waals surface area contributed by atoms with Crippen molar-refractivity contribution < 1.29 is 24.1 Å². The van der Waals surface area contributed by atoms with Gasteiger partial charge in [0.25, 0.3) is 0 Å². The zero-order valence-corrected chi connectivity index (χ0v) is 17.3. The number of ether oxygens (including phenoxy) is 3. The van der Waals surface area contributed by atoms with Crippen LogP contribution in [0, 0.1) is 5.41 Å². The Morgan fingerprint density at radius 3 is 2.12 bits per heavy atom. The molecule has 1 aliphatic heterocycles. The van der Waals surface area contributed by atoms with E-state index < -0.39 is 6.09 Å². The fourth-order valence-electron chi connectivity index (χ4n) is 2.80. The van der Waals surface area contributed by atoms with E-state index >= 15 is 0 Å². The maximum absolute atomic E-state index is 11.4. The van der Waals surface area contributed by atoms with Crippen LogP contribution < -0.4 is 0 Å². The fourth-order valence-corrected chi connectivity index (χ4v) is 3.03. The lowest BCUT2D eigenvalue weighted by Gasteiger charge is -2.46. The highest BCUT2D eigenvalue weighted by Gasteiger charge is 2.37. The first kappa shape index (κ1) is 22.6. The number of rotatable bonds is 11. The van der Waals surface area contributed by atoms with Gasteiger partial charge in [-0.05, 0) is 5.41 Å². The van der Waals surface area contributed by atoms with E-state index in [4.69, 9.17) is 14.2 Å². The third-order valence-corrected chi connectivity index (χ3v) is 4.55. The molecule has 1 amide bonds. The van der Waals surface area contributed by atoms with Gasteiger partial charge in [-0.25, -0.2) is 4.79 Å². The Morgan fingerprint density at radius 1 is 1.04 bits per heavy atom. The van der Waals surface area contributed by atoms with Crippen LogP contribution in [0.5, 0.6) is 0 Å². The molecule has 0 aliphatic carbocycles. The number of alkyl halides is 1. The van der Waals surface area contributed by atoms with Gasteiger partial charge in [0, 0.05) is 31.5 Å². The first-order valence-electron chi connectivity index (χ1n) is 8.87. The lowest BCUT2D eigenvalue weighted by molar-refractivity contribution is -0.00450. The van der Waals surface area contributed by atoms with E-state index in [0.29, 0.717) is 46.2 Å². The SMILES string of the molecule is CC(C)(C)C1CN(CCOCCOCCOCCBr)CCN1C(=O)O. The normalized spacial score (nSPS) is 19.4. The van der Waals surface area contributed by atoms with Gasteiger partial charge in [-0.1, -0.05) is 36.7 Å². The third-order valence-electron chi connectivity index (χ3n) is 4.23. The van der Waals surface area contributed by atoms with Gasteiger partial charge >= 0.3 is 6.09 Å². The van der Waals surface area contributed by atoms with E-state index in [2.05, 4.69) is 41.6 Å². The van der Waals surface area contributed by atoms with Gasteiger partial charge in [0.2, 0.25) is 0 Å². The van der Waals surface area contributed by atoms with Crippen LogP contribution in [0.1, 0.15) is 20.8 Å². The summed E-state index contributed by atoms with van der Waals surface area (Å²) in [6.07, 6.45) is -0.826. The Kier molecular flexibility index (Phi) is 10.9. The first-order chi connectivity index (χ1) is 11.9. The molecule has 148 valence electrons. The van der Waals surface area contributed by atoms with Crippen molar-refractivity contribution in [3.63, 3.8) is 0 Å². The van der Waals surface area contributed by atoms with Gasteiger partial charge in [-0.2, -0.15) is 0 Å². The topological polar surface area (TPSA) is 71.5 Å². The number of carboxylic acid groups (broad SMARTS) is 1. The maximum atomic E-state index is 11.4. The molecule has 0 spiro atoms. The van der Waals surface area contributed by atoms with Crippen LogP contribution in [0.2, 0.25) is 0 Å². The highest BCUT2D eigenvalue weighted by atomic mass is 79.9. The molecule has 1 rings (SSSR count). The van der Waals surface area contributed by atoms with Crippen molar-refractivity contribution in [2.24, 2.45) is 5.41 Å². The average Bonchev–Trinajstić information content (AvgIpc) is 2.55. The average molecular weight is 425 g/mol. The van der Waals surface area contributed by atoms with Crippen molar-refractivity contribution in [1.82, 2.24) is 9.80 Å². The van der Waals surface area contributed by atoms with Crippen molar-refractivity contribution in [2.45, 2.75) is 26.8 Å². The highest BCUT2D eigenvalue weighted by molar-refractivity contribution is 9.09. The van der Waals surface area contributed by atoms with Crippen molar-refractivity contribution in [3.8, 4) is 0 Å². The number of carbonyl (C=O) groups is 1. The molecular weight excluding hydrogens is 392 g/mol. The highest BCUT2D eigenvalue weighted by Crippen LogP contribution is 2.27. The van der Waals surface area contributed by atoms with E-state index in [1.807, 2.05) is 0 Å². The molecule has 1 heterocycles. The maximum Gasteiger partial charge on any atom is 0.407 e. The molecule has 1 fully saturated rings. The summed E-state index contributed by atoms with van der Waals surface area (Å²) in [5, 5.41) is 10.2. The van der Waals surface area contributed by atoms with Crippen LogP contribution in [0.15, 0.2) is 0 Å². The molecule has 0 bridgehead atoms. The quantitative estimate of drug-likeness (QED) is 0.404. The number of halogens is 1. The molecule has 0 saturated carbocycles. The number of hydrogen-bond acceptors (Lipinski definition) is 5. The standard InChI is InChI=1S/C17H33BrN2O5/c1-17(2,3)15-14-19(5-6-20(15)16(21)22)7-9-24-11-13-25-12-10-23-8-4-18/h15H,4-14H2,1-3H3,(H,21,22). The van der Waals surface area contributed by atoms with Crippen LogP contribution >= 0.6 is 15.9 Å². The first-order valence-corrected chi connectivity index (χ1v) is 9.99. The summed E-state index contributed by atoms with van der Waals surface area (Å²) < 4.78 is 16.3. The zero-order valence-electron chi connectivity index (χ0n) is 15.7. The summed E-state index contributed by atoms with van der Waals surface area (Å²) in [7, 11) is 0. The molecule has 1 aliphatic rings. The van der Waals surface area contributed by atoms with Crippen molar-refractivity contribution in [2.75, 3.05) is 71.2 Å². The van der Waals surface area contributed by atoms with Crippen LogP contribution in [-0.2, 0) is 14.2 Å². The molecule has 1 N–H and O–H groups in total. The van der Waals surface area contributed by atoms with E-state index in [1.165, 1.54) is 0 Å². The molecule has 0 radical (unpaired) electrons. The van der Waals surface area contributed by atoms with E-state index in [1.54, 1.807) is 4.90 Å². The second-order valence-electron chi connectivity index (χ2n) is 7.18. The summed E-state index contributed by atoms with van der Waals surface area (Å²) in [5.74, 6) is 0. The predicted molar refractivity (Wildman–Crippen MR) is 101 cm³/mol. The minimum atomic E-state index is -0.826. The molecule has 8 heteroatoms. The molecule has 25 heavy (non-hydrogen) atoms. The Bertz CT molecular complexity index is 379. The fraction of sp³-hybridized carbons (Fsp3) is 0.941. The molecular formula is C17H33BrN2O5. The second kappa shape index (κ2) is 12.1. The zero-order chi connectivity index (χ0) is 18.7. The Balaban J connectivity index is 2.14. The summed E-state index contributed by atoms with van der Waals surface area (Å²) in [5.41, 5.74) is -0.0807. The third kappa shape index (κ3) is 9.19. The minimum absolute atomic E-state index is 0.00149. The number of hydrogen-bond donors (Lipinski definition) is 1. The molecule has 7 nitrogen and oxygen atoms in total. The minimum Gasteiger partial charge on any atom is -0.465 e. The Labute approximate surface area is 159 Å². The number of nitrogens with zero attached hydrogens (tertiary/aromatic N) is 2. The van der Waals surface area contributed by atoms with Crippen molar-refractivity contribution >= 4 is 22.0 Å².